The van der Waals surface area contributed by atoms with Crippen molar-refractivity contribution in [3.63, 3.8) is 0 Å². The molecule has 1 amide bonds. The van der Waals surface area contributed by atoms with Gasteiger partial charge in [-0.05, 0) is 37.5 Å². The van der Waals surface area contributed by atoms with Crippen LogP contribution in [-0.2, 0) is 0 Å². The number of amides is 1. The number of carbonyl (C=O) groups excluding carboxylic acids is 1. The van der Waals surface area contributed by atoms with E-state index < -0.39 is 0 Å². The van der Waals surface area contributed by atoms with E-state index in [1.807, 2.05) is 35.4 Å². The highest BCUT2D eigenvalue weighted by Gasteiger charge is 2.36. The summed E-state index contributed by atoms with van der Waals surface area (Å²) in [6, 6.07) is 8.51. The highest BCUT2D eigenvalue weighted by atomic mass is 35.5. The summed E-state index contributed by atoms with van der Waals surface area (Å²) in [4.78, 5) is 36.6. The number of piperidine rings is 1. The van der Waals surface area contributed by atoms with Gasteiger partial charge in [-0.3, -0.25) is 14.7 Å². The molecule has 2 unspecified atom stereocenters. The molecule has 0 radical (unpaired) electrons. The number of hydrogen-bond donors (Lipinski definition) is 1. The fraction of sp³-hybridized carbons (Fsp3) is 0.448. The molecule has 3 aliphatic rings. The van der Waals surface area contributed by atoms with Crippen LogP contribution in [0.3, 0.4) is 0 Å². The maximum Gasteiger partial charge on any atom is 0.253 e. The highest BCUT2D eigenvalue weighted by Crippen LogP contribution is 2.29. The number of aromatic amines is 1. The Bertz CT molecular complexity index is 1310. The lowest BCUT2D eigenvalue weighted by Crippen LogP contribution is -2.59. The van der Waals surface area contributed by atoms with Crippen LogP contribution in [0.4, 0.5) is 0 Å². The van der Waals surface area contributed by atoms with Gasteiger partial charge in [-0.2, -0.15) is 0 Å². The molecular weight excluding hydrogens is 514 g/mol. The Hall–Kier alpha value is -3.43. The third-order valence-corrected chi connectivity index (χ3v) is 8.53. The summed E-state index contributed by atoms with van der Waals surface area (Å²) in [5, 5.41) is 0.714. The molecule has 3 aromatic rings. The first-order valence-corrected chi connectivity index (χ1v) is 14.2. The van der Waals surface area contributed by atoms with Crippen molar-refractivity contribution in [2.24, 2.45) is 4.99 Å². The molecule has 2 fully saturated rings. The van der Waals surface area contributed by atoms with Gasteiger partial charge in [0.15, 0.2) is 12.2 Å². The first-order chi connectivity index (χ1) is 19.1. The highest BCUT2D eigenvalue weighted by molar-refractivity contribution is 6.43. The molecule has 0 bridgehead atoms. The van der Waals surface area contributed by atoms with Gasteiger partial charge < -0.3 is 19.2 Å². The van der Waals surface area contributed by atoms with Crippen molar-refractivity contribution in [2.75, 3.05) is 39.3 Å². The van der Waals surface area contributed by atoms with E-state index >= 15 is 0 Å². The SMILES string of the molecule is CCC1CN(C2=NCC(c3ncc[nH]3)C=C2Cl)CCN1C1CCN(C(=O)c2ccc(-c3cnco3)cc2)CC1. The Morgan fingerprint density at radius 3 is 2.64 bits per heavy atom. The molecule has 10 heteroatoms. The number of benzene rings is 1. The maximum absolute atomic E-state index is 13.2. The number of nitrogens with one attached hydrogen (secondary N) is 1. The van der Waals surface area contributed by atoms with Crippen molar-refractivity contribution in [3.05, 3.63) is 71.7 Å². The summed E-state index contributed by atoms with van der Waals surface area (Å²) < 4.78 is 5.35. The topological polar surface area (TPSA) is 93.9 Å². The fourth-order valence-electron chi connectivity index (χ4n) is 6.09. The van der Waals surface area contributed by atoms with Crippen LogP contribution in [0, 0.1) is 0 Å². The van der Waals surface area contributed by atoms with Gasteiger partial charge in [0, 0.05) is 68.3 Å². The van der Waals surface area contributed by atoms with E-state index in [1.165, 1.54) is 6.39 Å². The number of aromatic nitrogens is 3. The van der Waals surface area contributed by atoms with E-state index in [9.17, 15) is 4.79 Å². The smallest absolute Gasteiger partial charge is 0.253 e. The number of nitrogens with zero attached hydrogens (tertiary/aromatic N) is 6. The molecule has 39 heavy (non-hydrogen) atoms. The zero-order valence-corrected chi connectivity index (χ0v) is 22.9. The van der Waals surface area contributed by atoms with Crippen molar-refractivity contribution in [1.29, 1.82) is 0 Å². The second kappa shape index (κ2) is 11.4. The molecule has 0 saturated carbocycles. The van der Waals surface area contributed by atoms with Crippen LogP contribution in [0.5, 0.6) is 0 Å². The zero-order chi connectivity index (χ0) is 26.8. The third kappa shape index (κ3) is 5.38. The lowest BCUT2D eigenvalue weighted by atomic mass is 9.97. The van der Waals surface area contributed by atoms with Gasteiger partial charge in [-0.25, -0.2) is 9.97 Å². The van der Waals surface area contributed by atoms with Crippen molar-refractivity contribution in [2.45, 2.75) is 44.2 Å². The number of dihydropyridines is 1. The summed E-state index contributed by atoms with van der Waals surface area (Å²) in [6.45, 7) is 7.27. The number of oxazole rings is 1. The molecule has 3 aliphatic heterocycles. The van der Waals surface area contributed by atoms with Crippen LogP contribution in [-0.4, -0.2) is 92.7 Å². The van der Waals surface area contributed by atoms with Gasteiger partial charge in [0.05, 0.1) is 23.7 Å². The molecule has 0 spiro atoms. The Kier molecular flexibility index (Phi) is 7.52. The number of imidazole rings is 1. The number of aliphatic imine (C=N–C) groups is 1. The number of piperazine rings is 1. The minimum Gasteiger partial charge on any atom is -0.444 e. The number of likely N-dealkylation sites (tertiary alicyclic amines) is 1. The Morgan fingerprint density at radius 2 is 1.97 bits per heavy atom. The van der Waals surface area contributed by atoms with E-state index in [4.69, 9.17) is 21.0 Å². The average Bonchev–Trinajstić information content (AvgIpc) is 3.72. The van der Waals surface area contributed by atoms with Crippen LogP contribution in [0.2, 0.25) is 0 Å². The maximum atomic E-state index is 13.2. The number of hydrogen-bond acceptors (Lipinski definition) is 7. The van der Waals surface area contributed by atoms with E-state index in [0.717, 1.165) is 69.2 Å². The lowest BCUT2D eigenvalue weighted by molar-refractivity contribution is 0.0302. The van der Waals surface area contributed by atoms with Gasteiger partial charge in [-0.15, -0.1) is 0 Å². The first kappa shape index (κ1) is 25.8. The molecule has 0 aliphatic carbocycles. The van der Waals surface area contributed by atoms with Crippen molar-refractivity contribution < 1.29 is 9.21 Å². The van der Waals surface area contributed by atoms with Crippen molar-refractivity contribution in [1.82, 2.24) is 29.7 Å². The summed E-state index contributed by atoms with van der Waals surface area (Å²) >= 11 is 6.72. The van der Waals surface area contributed by atoms with E-state index in [0.29, 0.717) is 35.0 Å². The predicted octanol–water partition coefficient (Wildman–Crippen LogP) is 4.38. The Morgan fingerprint density at radius 1 is 1.15 bits per heavy atom. The summed E-state index contributed by atoms with van der Waals surface area (Å²) in [5.41, 5.74) is 1.63. The standard InChI is InChI=1S/C29H34ClN7O2/c1-2-23-18-36(28-25(30)15-22(16-34-28)27-32-9-10-33-27)13-14-37(23)24-7-11-35(12-8-24)29(38)21-5-3-20(4-6-21)26-17-31-19-39-26/h3-6,9-10,15,17,19,22-24H,2,7-8,11-14,16,18H2,1H3,(H,32,33). The van der Waals surface area contributed by atoms with Gasteiger partial charge in [0.2, 0.25) is 0 Å². The molecule has 2 saturated heterocycles. The van der Waals surface area contributed by atoms with Crippen LogP contribution in [0.1, 0.15) is 48.3 Å². The minimum atomic E-state index is 0.0960. The summed E-state index contributed by atoms with van der Waals surface area (Å²) in [6.07, 6.45) is 11.8. The van der Waals surface area contributed by atoms with E-state index in [2.05, 4.69) is 37.8 Å². The Balaban J connectivity index is 1.03. The van der Waals surface area contributed by atoms with Gasteiger partial charge >= 0.3 is 0 Å². The Labute approximate surface area is 233 Å². The molecule has 1 aromatic carbocycles. The number of carbonyl (C=O) groups is 1. The van der Waals surface area contributed by atoms with Crippen molar-refractivity contribution >= 4 is 23.3 Å². The second-order valence-electron chi connectivity index (χ2n) is 10.5. The number of H-pyrrole nitrogens is 1. The molecule has 204 valence electrons. The van der Waals surface area contributed by atoms with E-state index in [1.54, 1.807) is 12.4 Å². The fourth-order valence-corrected chi connectivity index (χ4v) is 6.42. The largest absolute Gasteiger partial charge is 0.444 e. The number of halogens is 1. The second-order valence-corrected chi connectivity index (χ2v) is 10.9. The normalized spacial score (nSPS) is 23.0. The van der Waals surface area contributed by atoms with Gasteiger partial charge in [0.1, 0.15) is 11.7 Å². The molecular formula is C29H34ClN7O2. The number of amidine groups is 1. The van der Waals surface area contributed by atoms with Crippen LogP contribution in [0.25, 0.3) is 11.3 Å². The van der Waals surface area contributed by atoms with Crippen LogP contribution in [0.15, 0.2) is 69.8 Å². The van der Waals surface area contributed by atoms with Crippen LogP contribution < -0.4 is 0 Å². The van der Waals surface area contributed by atoms with Crippen LogP contribution >= 0.6 is 11.6 Å². The minimum absolute atomic E-state index is 0.0960. The number of rotatable bonds is 5. The van der Waals surface area contributed by atoms with E-state index in [-0.39, 0.29) is 11.8 Å². The summed E-state index contributed by atoms with van der Waals surface area (Å²) in [5.74, 6) is 2.71. The lowest BCUT2D eigenvalue weighted by Gasteiger charge is -2.48. The molecule has 1 N–H and O–H groups in total. The molecule has 2 aromatic heterocycles. The molecule has 9 nitrogen and oxygen atoms in total. The molecule has 6 rings (SSSR count). The van der Waals surface area contributed by atoms with Gasteiger partial charge in [0.25, 0.3) is 5.91 Å². The quantitative estimate of drug-likeness (QED) is 0.509. The third-order valence-electron chi connectivity index (χ3n) is 8.24. The first-order valence-electron chi connectivity index (χ1n) is 13.8. The monoisotopic (exact) mass is 547 g/mol. The zero-order valence-electron chi connectivity index (χ0n) is 22.2. The average molecular weight is 548 g/mol. The summed E-state index contributed by atoms with van der Waals surface area (Å²) in [7, 11) is 0. The van der Waals surface area contributed by atoms with Gasteiger partial charge in [-0.1, -0.05) is 30.7 Å². The molecule has 2 atom stereocenters. The van der Waals surface area contributed by atoms with Crippen molar-refractivity contribution in [3.8, 4) is 11.3 Å². The predicted molar refractivity (Wildman–Crippen MR) is 151 cm³/mol. The molecule has 5 heterocycles.